The van der Waals surface area contributed by atoms with Gasteiger partial charge in [-0.3, -0.25) is 9.59 Å². The highest BCUT2D eigenvalue weighted by Crippen LogP contribution is 2.29. The molecule has 0 N–H and O–H groups in total. The first-order valence-corrected chi connectivity index (χ1v) is 8.36. The molecular weight excluding hydrogens is 367 g/mol. The molecule has 1 atom stereocenters. The van der Waals surface area contributed by atoms with Crippen molar-refractivity contribution in [3.63, 3.8) is 0 Å². The second-order valence-electron chi connectivity index (χ2n) is 5.85. The minimum Gasteiger partial charge on any atom is -0.382 e. The zero-order valence-corrected chi connectivity index (χ0v) is 15.2. The summed E-state index contributed by atoms with van der Waals surface area (Å²) in [4.78, 5) is 38.5. The lowest BCUT2D eigenvalue weighted by molar-refractivity contribution is -0.141. The topological polar surface area (TPSA) is 82.6 Å². The summed E-state index contributed by atoms with van der Waals surface area (Å²) in [6.07, 6.45) is -3.43. The molecule has 0 radical (unpaired) electrons. The molecule has 0 aromatic carbocycles. The van der Waals surface area contributed by atoms with E-state index in [9.17, 15) is 27.6 Å². The molecule has 27 heavy (non-hydrogen) atoms. The van der Waals surface area contributed by atoms with Crippen molar-refractivity contribution in [3.8, 4) is 0 Å². The van der Waals surface area contributed by atoms with Crippen molar-refractivity contribution in [2.45, 2.75) is 39.0 Å². The molecule has 0 bridgehead atoms. The number of alkyl halides is 3. The molecule has 1 aromatic rings. The minimum absolute atomic E-state index is 0.0411. The highest BCUT2D eigenvalue weighted by molar-refractivity contribution is 6.10. The molecule has 0 saturated heterocycles. The van der Waals surface area contributed by atoms with E-state index in [4.69, 9.17) is 9.47 Å². The zero-order valence-electron chi connectivity index (χ0n) is 15.2. The van der Waals surface area contributed by atoms with Crippen LogP contribution in [0.4, 0.5) is 13.2 Å². The first-order chi connectivity index (χ1) is 12.7. The average molecular weight is 389 g/mol. The van der Waals surface area contributed by atoms with E-state index in [1.54, 1.807) is 0 Å². The van der Waals surface area contributed by atoms with Gasteiger partial charge in [-0.2, -0.15) is 13.2 Å². The molecule has 0 spiro atoms. The van der Waals surface area contributed by atoms with E-state index in [1.807, 2.05) is 0 Å². The Morgan fingerprint density at radius 2 is 1.96 bits per heavy atom. The molecule has 0 fully saturated rings. The van der Waals surface area contributed by atoms with E-state index < -0.39 is 23.6 Å². The molecule has 6 nitrogen and oxygen atoms in total. The van der Waals surface area contributed by atoms with E-state index in [-0.39, 0.29) is 49.7 Å². The molecule has 0 saturated carbocycles. The summed E-state index contributed by atoms with van der Waals surface area (Å²) in [5.41, 5.74) is -1.41. The monoisotopic (exact) mass is 389 g/mol. The third-order valence-corrected chi connectivity index (χ3v) is 3.82. The normalized spacial score (nSPS) is 12.6. The van der Waals surface area contributed by atoms with Gasteiger partial charge in [0.25, 0.3) is 0 Å². The predicted molar refractivity (Wildman–Crippen MR) is 89.2 cm³/mol. The number of methoxy groups -OCH3 is 1. The van der Waals surface area contributed by atoms with Crippen LogP contribution in [0.25, 0.3) is 0 Å². The number of pyridine rings is 1. The van der Waals surface area contributed by atoms with Crippen molar-refractivity contribution >= 4 is 17.9 Å². The molecule has 1 rings (SSSR count). The molecule has 0 aliphatic carbocycles. The molecule has 0 amide bonds. The van der Waals surface area contributed by atoms with Crippen LogP contribution in [-0.4, -0.2) is 43.2 Å². The van der Waals surface area contributed by atoms with Crippen LogP contribution in [0, 0.1) is 5.92 Å². The van der Waals surface area contributed by atoms with Crippen molar-refractivity contribution < 1.29 is 37.0 Å². The van der Waals surface area contributed by atoms with Gasteiger partial charge in [0.1, 0.15) is 17.8 Å². The summed E-state index contributed by atoms with van der Waals surface area (Å²) in [5, 5.41) is 0. The van der Waals surface area contributed by atoms with Gasteiger partial charge in [0.05, 0.1) is 31.4 Å². The fraction of sp³-hybridized carbons (Fsp3) is 0.556. The van der Waals surface area contributed by atoms with Crippen LogP contribution in [0.1, 0.15) is 47.9 Å². The number of Topliss-reactive ketones (excluding diaryl/α,β-unsaturated/α-hetero) is 2. The molecule has 9 heteroatoms. The molecule has 0 aliphatic rings. The third kappa shape index (κ3) is 7.18. The van der Waals surface area contributed by atoms with Gasteiger partial charge in [0.15, 0.2) is 5.78 Å². The van der Waals surface area contributed by atoms with Crippen LogP contribution in [0.2, 0.25) is 0 Å². The summed E-state index contributed by atoms with van der Waals surface area (Å²) < 4.78 is 48.7. The van der Waals surface area contributed by atoms with Gasteiger partial charge in [-0.15, -0.1) is 0 Å². The van der Waals surface area contributed by atoms with E-state index in [2.05, 4.69) is 4.98 Å². The number of ketones is 2. The maximum Gasteiger partial charge on any atom is 0.433 e. The summed E-state index contributed by atoms with van der Waals surface area (Å²) in [5.74, 6) is -2.06. The van der Waals surface area contributed by atoms with E-state index in [1.165, 1.54) is 14.0 Å². The number of hydrogen-bond donors (Lipinski definition) is 0. The van der Waals surface area contributed by atoms with E-state index >= 15 is 0 Å². The number of aldehydes is 1. The Morgan fingerprint density at radius 3 is 2.56 bits per heavy atom. The lowest BCUT2D eigenvalue weighted by Crippen LogP contribution is -2.24. The van der Waals surface area contributed by atoms with E-state index in [0.29, 0.717) is 18.8 Å². The van der Waals surface area contributed by atoms with Crippen LogP contribution >= 0.6 is 0 Å². The minimum atomic E-state index is -4.67. The lowest BCUT2D eigenvalue weighted by Gasteiger charge is -2.15. The Kier molecular flexibility index (Phi) is 9.23. The van der Waals surface area contributed by atoms with Gasteiger partial charge >= 0.3 is 6.18 Å². The van der Waals surface area contributed by atoms with Crippen LogP contribution in [0.3, 0.4) is 0 Å². The van der Waals surface area contributed by atoms with Crippen molar-refractivity contribution in [2.24, 2.45) is 5.92 Å². The highest BCUT2D eigenvalue weighted by atomic mass is 19.4. The summed E-state index contributed by atoms with van der Waals surface area (Å²) in [6.45, 7) is 1.41. The van der Waals surface area contributed by atoms with Crippen molar-refractivity contribution in [3.05, 3.63) is 29.1 Å². The predicted octanol–water partition coefficient (Wildman–Crippen LogP) is 3.02. The van der Waals surface area contributed by atoms with Crippen LogP contribution in [-0.2, 0) is 31.8 Å². The van der Waals surface area contributed by atoms with Gasteiger partial charge in [0, 0.05) is 25.5 Å². The van der Waals surface area contributed by atoms with Crippen LogP contribution in [0.15, 0.2) is 12.1 Å². The smallest absolute Gasteiger partial charge is 0.382 e. The Morgan fingerprint density at radius 1 is 1.26 bits per heavy atom. The van der Waals surface area contributed by atoms with Gasteiger partial charge in [-0.25, -0.2) is 4.98 Å². The number of unbranched alkanes of at least 4 members (excludes halogenated alkanes) is 1. The number of rotatable bonds is 12. The summed E-state index contributed by atoms with van der Waals surface area (Å²) >= 11 is 0. The molecule has 0 aliphatic heterocycles. The maximum absolute atomic E-state index is 12.9. The van der Waals surface area contributed by atoms with Crippen LogP contribution in [0.5, 0.6) is 0 Å². The number of carbonyl (C=O) groups is 3. The first kappa shape index (κ1) is 22.9. The average Bonchev–Trinajstić information content (AvgIpc) is 2.63. The van der Waals surface area contributed by atoms with Gasteiger partial charge in [-0.1, -0.05) is 0 Å². The summed E-state index contributed by atoms with van der Waals surface area (Å²) in [7, 11) is 1.44. The fourth-order valence-electron chi connectivity index (χ4n) is 2.26. The summed E-state index contributed by atoms with van der Waals surface area (Å²) in [6, 6.07) is 1.72. The van der Waals surface area contributed by atoms with Gasteiger partial charge in [0.2, 0.25) is 0 Å². The molecule has 150 valence electrons. The number of carbonyl (C=O) groups excluding carboxylic acids is 3. The first-order valence-electron chi connectivity index (χ1n) is 8.36. The number of ether oxygens (including phenoxy) is 2. The third-order valence-electron chi connectivity index (χ3n) is 3.82. The maximum atomic E-state index is 12.9. The second kappa shape index (κ2) is 10.9. The number of halogens is 3. The van der Waals surface area contributed by atoms with Gasteiger partial charge < -0.3 is 14.3 Å². The Bertz CT molecular complexity index is 661. The molecule has 1 aromatic heterocycles. The largest absolute Gasteiger partial charge is 0.433 e. The van der Waals surface area contributed by atoms with Crippen molar-refractivity contribution in [2.75, 3.05) is 20.3 Å². The Balaban J connectivity index is 3.02. The SMILES string of the molecule is COCCOCc1nc(C(F)(F)F)ccc1C(=O)C(C)C(=O)CCCC=O. The molecule has 1 heterocycles. The Labute approximate surface area is 155 Å². The second-order valence-corrected chi connectivity index (χ2v) is 5.85. The number of hydrogen-bond acceptors (Lipinski definition) is 6. The number of aromatic nitrogens is 1. The standard InChI is InChI=1S/C18H22F3NO5/c1-12(15(24)5-3-4-8-23)17(25)13-6-7-16(18(19,20)21)22-14(13)11-27-10-9-26-2/h6-8,12H,3-5,9-11H2,1-2H3. The van der Waals surface area contributed by atoms with Crippen molar-refractivity contribution in [1.82, 2.24) is 4.98 Å². The highest BCUT2D eigenvalue weighted by Gasteiger charge is 2.34. The van der Waals surface area contributed by atoms with Crippen molar-refractivity contribution in [1.29, 1.82) is 0 Å². The fourth-order valence-corrected chi connectivity index (χ4v) is 2.26. The zero-order chi connectivity index (χ0) is 20.4. The lowest BCUT2D eigenvalue weighted by atomic mass is 9.92. The van der Waals surface area contributed by atoms with Gasteiger partial charge in [-0.05, 0) is 25.5 Å². The van der Waals surface area contributed by atoms with E-state index in [0.717, 1.165) is 6.07 Å². The Hall–Kier alpha value is -2.13. The molecular formula is C18H22F3NO5. The molecule has 1 unspecified atom stereocenters. The quantitative estimate of drug-likeness (QED) is 0.237. The number of nitrogens with zero attached hydrogens (tertiary/aromatic N) is 1. The van der Waals surface area contributed by atoms with Crippen LogP contribution < -0.4 is 0 Å².